The summed E-state index contributed by atoms with van der Waals surface area (Å²) in [6.45, 7) is 3.40. The first-order valence-corrected chi connectivity index (χ1v) is 11.0. The van der Waals surface area contributed by atoms with Crippen LogP contribution in [0.2, 0.25) is 0 Å². The number of nitrogens with one attached hydrogen (secondary N) is 4. The summed E-state index contributed by atoms with van der Waals surface area (Å²) in [5.41, 5.74) is 3.04. The van der Waals surface area contributed by atoms with Gasteiger partial charge in [-0.1, -0.05) is 40.8 Å². The Bertz CT molecular complexity index is 1070. The number of nitrogens with zero attached hydrogens (tertiary/aromatic N) is 2. The standard InChI is InChI=1S/C20H20N6O3S2/c1-12-3-5-16(6-4-12)23-18(29)24-19-25-26-20(31-19)30-11-17(28)22-15-9-7-14(8-10-15)21-13(2)27/h3-10H,11H2,1-2H3,(H,21,27)(H,22,28)(H2,23,24,25,29). The Balaban J connectivity index is 1.44. The molecule has 31 heavy (non-hydrogen) atoms. The summed E-state index contributed by atoms with van der Waals surface area (Å²) in [6.07, 6.45) is 0. The average molecular weight is 457 g/mol. The maximum Gasteiger partial charge on any atom is 0.325 e. The number of urea groups is 1. The Morgan fingerprint density at radius 2 is 1.42 bits per heavy atom. The van der Waals surface area contributed by atoms with E-state index in [0.29, 0.717) is 26.5 Å². The van der Waals surface area contributed by atoms with Crippen molar-refractivity contribution >= 4 is 63.1 Å². The first-order valence-electron chi connectivity index (χ1n) is 9.16. The summed E-state index contributed by atoms with van der Waals surface area (Å²) in [4.78, 5) is 35.2. The molecule has 0 atom stereocenters. The van der Waals surface area contributed by atoms with E-state index in [1.165, 1.54) is 30.0 Å². The van der Waals surface area contributed by atoms with Crippen LogP contribution in [0.3, 0.4) is 0 Å². The van der Waals surface area contributed by atoms with Gasteiger partial charge in [0.05, 0.1) is 5.75 Å². The van der Waals surface area contributed by atoms with Gasteiger partial charge in [-0.2, -0.15) is 0 Å². The van der Waals surface area contributed by atoms with Crippen molar-refractivity contribution in [3.05, 3.63) is 54.1 Å². The molecule has 0 aliphatic rings. The lowest BCUT2D eigenvalue weighted by Crippen LogP contribution is -2.19. The number of amides is 4. The number of aryl methyl sites for hydroxylation is 1. The highest BCUT2D eigenvalue weighted by Crippen LogP contribution is 2.26. The predicted octanol–water partition coefficient (Wildman–Crippen LogP) is 4.18. The van der Waals surface area contributed by atoms with Crippen molar-refractivity contribution < 1.29 is 14.4 Å². The third kappa shape index (κ3) is 7.39. The molecule has 2 aromatic carbocycles. The number of thioether (sulfide) groups is 1. The van der Waals surface area contributed by atoms with Crippen LogP contribution in [0.4, 0.5) is 27.0 Å². The number of hydrogen-bond donors (Lipinski definition) is 4. The Morgan fingerprint density at radius 1 is 0.839 bits per heavy atom. The van der Waals surface area contributed by atoms with Gasteiger partial charge in [0.25, 0.3) is 0 Å². The molecule has 0 unspecified atom stereocenters. The van der Waals surface area contributed by atoms with E-state index in [2.05, 4.69) is 31.5 Å². The summed E-state index contributed by atoms with van der Waals surface area (Å²) in [5.74, 6) is -0.233. The van der Waals surface area contributed by atoms with E-state index in [-0.39, 0.29) is 17.6 Å². The Labute approximate surface area is 187 Å². The second-order valence-electron chi connectivity index (χ2n) is 6.41. The van der Waals surface area contributed by atoms with Crippen LogP contribution < -0.4 is 21.3 Å². The first kappa shape index (κ1) is 22.2. The lowest BCUT2D eigenvalue weighted by Gasteiger charge is -2.06. The number of anilines is 4. The van der Waals surface area contributed by atoms with Crippen LogP contribution >= 0.6 is 23.1 Å². The van der Waals surface area contributed by atoms with Gasteiger partial charge in [-0.3, -0.25) is 14.9 Å². The highest BCUT2D eigenvalue weighted by molar-refractivity contribution is 8.01. The molecule has 4 N–H and O–H groups in total. The number of carbonyl (C=O) groups is 3. The number of carbonyl (C=O) groups excluding carboxylic acids is 3. The molecule has 0 aliphatic heterocycles. The summed E-state index contributed by atoms with van der Waals surface area (Å²) >= 11 is 2.40. The Hall–Kier alpha value is -3.44. The molecule has 11 heteroatoms. The zero-order valence-electron chi connectivity index (χ0n) is 16.8. The van der Waals surface area contributed by atoms with Crippen molar-refractivity contribution in [3.8, 4) is 0 Å². The molecule has 9 nitrogen and oxygen atoms in total. The minimum atomic E-state index is -0.419. The zero-order chi connectivity index (χ0) is 22.2. The summed E-state index contributed by atoms with van der Waals surface area (Å²) in [6, 6.07) is 13.8. The van der Waals surface area contributed by atoms with E-state index >= 15 is 0 Å². The molecule has 3 aromatic rings. The van der Waals surface area contributed by atoms with Gasteiger partial charge in [0.15, 0.2) is 4.34 Å². The van der Waals surface area contributed by atoms with Gasteiger partial charge in [0.2, 0.25) is 16.9 Å². The average Bonchev–Trinajstić information content (AvgIpc) is 3.16. The van der Waals surface area contributed by atoms with Gasteiger partial charge in [-0.25, -0.2) is 4.79 Å². The van der Waals surface area contributed by atoms with Crippen LogP contribution in [-0.2, 0) is 9.59 Å². The molecular weight excluding hydrogens is 436 g/mol. The van der Waals surface area contributed by atoms with E-state index in [9.17, 15) is 14.4 Å². The normalized spacial score (nSPS) is 10.3. The summed E-state index contributed by atoms with van der Waals surface area (Å²) in [7, 11) is 0. The van der Waals surface area contributed by atoms with Gasteiger partial charge in [0, 0.05) is 24.0 Å². The molecule has 1 aromatic heterocycles. The molecule has 0 saturated heterocycles. The second-order valence-corrected chi connectivity index (χ2v) is 8.61. The lowest BCUT2D eigenvalue weighted by atomic mass is 10.2. The molecule has 4 amide bonds. The molecule has 0 spiro atoms. The van der Waals surface area contributed by atoms with Gasteiger partial charge in [-0.05, 0) is 43.3 Å². The number of hydrogen-bond acceptors (Lipinski definition) is 7. The SMILES string of the molecule is CC(=O)Nc1ccc(NC(=O)CSc2nnc(NC(=O)Nc3ccc(C)cc3)s2)cc1. The van der Waals surface area contributed by atoms with E-state index < -0.39 is 6.03 Å². The third-order valence-electron chi connectivity index (χ3n) is 3.75. The topological polar surface area (TPSA) is 125 Å². The fourth-order valence-electron chi connectivity index (χ4n) is 2.38. The molecule has 0 fully saturated rings. The Kier molecular flexibility index (Phi) is 7.57. The van der Waals surface area contributed by atoms with E-state index in [4.69, 9.17) is 0 Å². The van der Waals surface area contributed by atoms with Crippen molar-refractivity contribution in [2.45, 2.75) is 18.2 Å². The van der Waals surface area contributed by atoms with Gasteiger partial charge >= 0.3 is 6.03 Å². The van der Waals surface area contributed by atoms with Crippen LogP contribution in [0.15, 0.2) is 52.9 Å². The van der Waals surface area contributed by atoms with Crippen LogP contribution in [0, 0.1) is 6.92 Å². The molecule has 3 rings (SSSR count). The minimum absolute atomic E-state index is 0.137. The third-order valence-corrected chi connectivity index (χ3v) is 5.72. The summed E-state index contributed by atoms with van der Waals surface area (Å²) < 4.78 is 0.557. The maximum absolute atomic E-state index is 12.1. The van der Waals surface area contributed by atoms with Gasteiger partial charge in [0.1, 0.15) is 0 Å². The van der Waals surface area contributed by atoms with Crippen molar-refractivity contribution in [2.75, 3.05) is 27.0 Å². The molecule has 0 radical (unpaired) electrons. The van der Waals surface area contributed by atoms with Crippen molar-refractivity contribution in [3.63, 3.8) is 0 Å². The monoisotopic (exact) mass is 456 g/mol. The van der Waals surface area contributed by atoms with E-state index in [1.807, 2.05) is 31.2 Å². The predicted molar refractivity (Wildman–Crippen MR) is 124 cm³/mol. The minimum Gasteiger partial charge on any atom is -0.326 e. The molecular formula is C20H20N6O3S2. The van der Waals surface area contributed by atoms with Crippen LogP contribution in [0.25, 0.3) is 0 Å². The van der Waals surface area contributed by atoms with E-state index in [1.54, 1.807) is 24.3 Å². The van der Waals surface area contributed by atoms with Crippen LogP contribution in [0.5, 0.6) is 0 Å². The number of aromatic nitrogens is 2. The fraction of sp³-hybridized carbons (Fsp3) is 0.150. The van der Waals surface area contributed by atoms with Gasteiger partial charge < -0.3 is 16.0 Å². The molecule has 0 bridgehead atoms. The Morgan fingerprint density at radius 3 is 2.06 bits per heavy atom. The van der Waals surface area contributed by atoms with Crippen molar-refractivity contribution in [1.29, 1.82) is 0 Å². The number of benzene rings is 2. The van der Waals surface area contributed by atoms with Gasteiger partial charge in [-0.15, -0.1) is 10.2 Å². The van der Waals surface area contributed by atoms with Crippen molar-refractivity contribution in [1.82, 2.24) is 10.2 Å². The lowest BCUT2D eigenvalue weighted by molar-refractivity contribution is -0.114. The highest BCUT2D eigenvalue weighted by Gasteiger charge is 2.11. The summed E-state index contributed by atoms with van der Waals surface area (Å²) in [5, 5.41) is 19.0. The fourth-order valence-corrected chi connectivity index (χ4v) is 3.93. The smallest absolute Gasteiger partial charge is 0.325 e. The van der Waals surface area contributed by atoms with Crippen LogP contribution in [0.1, 0.15) is 12.5 Å². The highest BCUT2D eigenvalue weighted by atomic mass is 32.2. The van der Waals surface area contributed by atoms with E-state index in [0.717, 1.165) is 5.56 Å². The zero-order valence-corrected chi connectivity index (χ0v) is 18.4. The molecule has 0 saturated carbocycles. The molecule has 0 aliphatic carbocycles. The largest absolute Gasteiger partial charge is 0.326 e. The second kappa shape index (κ2) is 10.5. The maximum atomic E-state index is 12.1. The molecule has 160 valence electrons. The molecule has 1 heterocycles. The van der Waals surface area contributed by atoms with Crippen LogP contribution in [-0.4, -0.2) is 33.8 Å². The van der Waals surface area contributed by atoms with Crippen molar-refractivity contribution in [2.24, 2.45) is 0 Å². The first-order chi connectivity index (χ1) is 14.9. The quantitative estimate of drug-likeness (QED) is 0.312. The number of rotatable bonds is 7.